The number of methoxy groups -OCH3 is 1. The van der Waals surface area contributed by atoms with Gasteiger partial charge in [0, 0.05) is 24.3 Å². The predicted octanol–water partition coefficient (Wildman–Crippen LogP) is 3.44. The van der Waals surface area contributed by atoms with E-state index in [-0.39, 0.29) is 0 Å². The molecule has 0 aliphatic heterocycles. The third kappa shape index (κ3) is 3.73. The van der Waals surface area contributed by atoms with E-state index in [1.807, 2.05) is 37.3 Å². The molecule has 1 aliphatic rings. The minimum absolute atomic E-state index is 0.618. The van der Waals surface area contributed by atoms with Gasteiger partial charge in [0.15, 0.2) is 0 Å². The average Bonchev–Trinajstić information content (AvgIpc) is 3.31. The molecule has 1 aromatic heterocycles. The molecule has 21 heavy (non-hydrogen) atoms. The third-order valence-corrected chi connectivity index (χ3v) is 3.61. The van der Waals surface area contributed by atoms with Crippen LogP contribution < -0.4 is 14.8 Å². The molecule has 0 unspecified atom stereocenters. The average molecular weight is 284 g/mol. The minimum Gasteiger partial charge on any atom is -0.497 e. The van der Waals surface area contributed by atoms with Crippen LogP contribution in [0, 0.1) is 6.92 Å². The molecule has 4 heteroatoms. The summed E-state index contributed by atoms with van der Waals surface area (Å²) in [6.07, 6.45) is 2.59. The normalized spacial score (nSPS) is 14.0. The maximum atomic E-state index is 5.76. The number of nitrogens with zero attached hydrogens (tertiary/aromatic N) is 1. The first-order chi connectivity index (χ1) is 10.2. The highest BCUT2D eigenvalue weighted by atomic mass is 16.5. The van der Waals surface area contributed by atoms with E-state index in [4.69, 9.17) is 9.47 Å². The zero-order valence-electron chi connectivity index (χ0n) is 12.4. The van der Waals surface area contributed by atoms with Crippen molar-refractivity contribution in [3.8, 4) is 17.4 Å². The summed E-state index contributed by atoms with van der Waals surface area (Å²) in [7, 11) is 1.65. The first kappa shape index (κ1) is 13.9. The quantitative estimate of drug-likeness (QED) is 0.882. The van der Waals surface area contributed by atoms with Crippen LogP contribution in [0.5, 0.6) is 17.4 Å². The summed E-state index contributed by atoms with van der Waals surface area (Å²) in [6, 6.07) is 12.2. The van der Waals surface area contributed by atoms with Crippen molar-refractivity contribution in [3.05, 3.63) is 47.7 Å². The molecular formula is C17H20N2O2. The predicted molar refractivity (Wildman–Crippen MR) is 81.9 cm³/mol. The number of rotatable bonds is 6. The number of hydrogen-bond acceptors (Lipinski definition) is 4. The van der Waals surface area contributed by atoms with Crippen molar-refractivity contribution in [2.45, 2.75) is 32.4 Å². The van der Waals surface area contributed by atoms with Gasteiger partial charge in [-0.2, -0.15) is 0 Å². The third-order valence-electron chi connectivity index (χ3n) is 3.61. The van der Waals surface area contributed by atoms with Crippen LogP contribution in [0.1, 0.15) is 24.1 Å². The Morgan fingerprint density at radius 3 is 2.43 bits per heavy atom. The Morgan fingerprint density at radius 2 is 1.81 bits per heavy atom. The van der Waals surface area contributed by atoms with Crippen molar-refractivity contribution in [1.82, 2.24) is 10.3 Å². The summed E-state index contributed by atoms with van der Waals surface area (Å²) in [5, 5.41) is 3.50. The van der Waals surface area contributed by atoms with Gasteiger partial charge in [0.25, 0.3) is 0 Å². The number of benzene rings is 1. The molecule has 1 aliphatic carbocycles. The van der Waals surface area contributed by atoms with E-state index in [2.05, 4.69) is 16.4 Å². The van der Waals surface area contributed by atoms with Crippen molar-refractivity contribution in [1.29, 1.82) is 0 Å². The Bertz CT molecular complexity index is 607. The van der Waals surface area contributed by atoms with Crippen LogP contribution >= 0.6 is 0 Å². The van der Waals surface area contributed by atoms with Crippen LogP contribution in [-0.4, -0.2) is 18.1 Å². The second-order valence-corrected chi connectivity index (χ2v) is 5.33. The fraction of sp³-hybridized carbons (Fsp3) is 0.353. The smallest absolute Gasteiger partial charge is 0.219 e. The maximum absolute atomic E-state index is 5.76. The number of nitrogens with one attached hydrogen (secondary N) is 1. The van der Waals surface area contributed by atoms with Gasteiger partial charge in [-0.3, -0.25) is 0 Å². The van der Waals surface area contributed by atoms with Crippen molar-refractivity contribution in [3.63, 3.8) is 0 Å². The van der Waals surface area contributed by atoms with Gasteiger partial charge >= 0.3 is 0 Å². The second-order valence-electron chi connectivity index (χ2n) is 5.33. The first-order valence-electron chi connectivity index (χ1n) is 7.26. The fourth-order valence-corrected chi connectivity index (χ4v) is 2.12. The molecule has 1 N–H and O–H groups in total. The molecule has 0 radical (unpaired) electrons. The van der Waals surface area contributed by atoms with Gasteiger partial charge in [-0.05, 0) is 49.6 Å². The minimum atomic E-state index is 0.618. The van der Waals surface area contributed by atoms with E-state index in [1.165, 1.54) is 18.4 Å². The van der Waals surface area contributed by atoms with Crippen molar-refractivity contribution in [2.24, 2.45) is 0 Å². The van der Waals surface area contributed by atoms with Gasteiger partial charge in [-0.25, -0.2) is 4.98 Å². The van der Waals surface area contributed by atoms with Gasteiger partial charge in [-0.15, -0.1) is 0 Å². The second kappa shape index (κ2) is 6.14. The Hall–Kier alpha value is -2.07. The Morgan fingerprint density at radius 1 is 1.10 bits per heavy atom. The summed E-state index contributed by atoms with van der Waals surface area (Å²) in [5.74, 6) is 2.19. The number of aryl methyl sites for hydroxylation is 1. The van der Waals surface area contributed by atoms with E-state index in [0.29, 0.717) is 11.9 Å². The van der Waals surface area contributed by atoms with E-state index >= 15 is 0 Å². The molecule has 3 rings (SSSR count). The molecule has 2 aromatic rings. The van der Waals surface area contributed by atoms with Crippen molar-refractivity contribution >= 4 is 0 Å². The van der Waals surface area contributed by atoms with Crippen molar-refractivity contribution < 1.29 is 9.47 Å². The molecule has 4 nitrogen and oxygen atoms in total. The van der Waals surface area contributed by atoms with Crippen LogP contribution in [0.15, 0.2) is 36.4 Å². The molecule has 1 heterocycles. The van der Waals surface area contributed by atoms with E-state index in [9.17, 15) is 0 Å². The molecule has 0 saturated heterocycles. The molecule has 0 amide bonds. The lowest BCUT2D eigenvalue weighted by Gasteiger charge is -2.10. The lowest BCUT2D eigenvalue weighted by atomic mass is 10.2. The molecular weight excluding hydrogens is 264 g/mol. The highest BCUT2D eigenvalue weighted by Gasteiger charge is 2.20. The van der Waals surface area contributed by atoms with Crippen LogP contribution in [0.3, 0.4) is 0 Å². The highest BCUT2D eigenvalue weighted by molar-refractivity contribution is 5.34. The molecule has 1 fully saturated rings. The fourth-order valence-electron chi connectivity index (χ4n) is 2.12. The van der Waals surface area contributed by atoms with Crippen molar-refractivity contribution in [2.75, 3.05) is 7.11 Å². The maximum Gasteiger partial charge on any atom is 0.219 e. The molecule has 0 bridgehead atoms. The summed E-state index contributed by atoms with van der Waals surface area (Å²) in [6.45, 7) is 2.90. The van der Waals surface area contributed by atoms with Crippen LogP contribution in [0.25, 0.3) is 0 Å². The molecule has 110 valence electrons. The number of aromatic nitrogens is 1. The van der Waals surface area contributed by atoms with E-state index < -0.39 is 0 Å². The lowest BCUT2D eigenvalue weighted by Crippen LogP contribution is -2.16. The van der Waals surface area contributed by atoms with Gasteiger partial charge in [-0.1, -0.05) is 6.07 Å². The molecule has 1 aromatic carbocycles. The molecule has 0 spiro atoms. The summed E-state index contributed by atoms with van der Waals surface area (Å²) in [5.41, 5.74) is 2.23. The Kier molecular flexibility index (Phi) is 4.06. The largest absolute Gasteiger partial charge is 0.497 e. The highest BCUT2D eigenvalue weighted by Crippen LogP contribution is 2.24. The summed E-state index contributed by atoms with van der Waals surface area (Å²) >= 11 is 0. The zero-order valence-corrected chi connectivity index (χ0v) is 12.4. The number of ether oxygens (including phenoxy) is 2. The Labute approximate surface area is 125 Å². The first-order valence-corrected chi connectivity index (χ1v) is 7.26. The van der Waals surface area contributed by atoms with Crippen LogP contribution in [0.2, 0.25) is 0 Å². The molecule has 0 atom stereocenters. The number of hydrogen-bond donors (Lipinski definition) is 1. The van der Waals surface area contributed by atoms with E-state index in [0.717, 1.165) is 23.7 Å². The van der Waals surface area contributed by atoms with Crippen LogP contribution in [-0.2, 0) is 6.54 Å². The lowest BCUT2D eigenvalue weighted by molar-refractivity contribution is 0.412. The summed E-state index contributed by atoms with van der Waals surface area (Å²) < 4.78 is 10.9. The van der Waals surface area contributed by atoms with E-state index in [1.54, 1.807) is 7.11 Å². The zero-order chi connectivity index (χ0) is 14.7. The monoisotopic (exact) mass is 284 g/mol. The van der Waals surface area contributed by atoms with Gasteiger partial charge in [0.2, 0.25) is 5.88 Å². The standard InChI is InChI=1S/C17H20N2O2/c1-12-13(11-18-14-4-5-14)3-10-17(19-12)21-16-8-6-15(20-2)7-9-16/h3,6-10,14,18H,4-5,11H2,1-2H3. The Balaban J connectivity index is 1.65. The number of pyridine rings is 1. The van der Waals surface area contributed by atoms with Gasteiger partial charge in [0.05, 0.1) is 7.11 Å². The van der Waals surface area contributed by atoms with Crippen LogP contribution in [0.4, 0.5) is 0 Å². The topological polar surface area (TPSA) is 43.4 Å². The van der Waals surface area contributed by atoms with Gasteiger partial charge in [0.1, 0.15) is 11.5 Å². The van der Waals surface area contributed by atoms with Gasteiger partial charge < -0.3 is 14.8 Å². The SMILES string of the molecule is COc1ccc(Oc2ccc(CNC3CC3)c(C)n2)cc1. The summed E-state index contributed by atoms with van der Waals surface area (Å²) in [4.78, 5) is 4.52. The molecule has 1 saturated carbocycles.